The van der Waals surface area contributed by atoms with Crippen molar-refractivity contribution < 1.29 is 14.7 Å². The molecule has 1 heterocycles. The molecule has 0 saturated carbocycles. The molecule has 102 valence electrons. The van der Waals surface area contributed by atoms with Gasteiger partial charge in [-0.25, -0.2) is 0 Å². The number of hydrogen-bond acceptors (Lipinski definition) is 3. The zero-order valence-electron chi connectivity index (χ0n) is 9.87. The van der Waals surface area contributed by atoms with Gasteiger partial charge in [-0.15, -0.1) is 0 Å². The lowest BCUT2D eigenvalue weighted by Gasteiger charge is -2.22. The number of amides is 2. The zero-order valence-corrected chi connectivity index (χ0v) is 11.4. The van der Waals surface area contributed by atoms with E-state index in [1.807, 2.05) is 0 Å². The van der Waals surface area contributed by atoms with Crippen molar-refractivity contribution in [1.29, 1.82) is 0 Å². The Balaban J connectivity index is 2.10. The van der Waals surface area contributed by atoms with Crippen molar-refractivity contribution in [3.63, 3.8) is 0 Å². The molecule has 2 rings (SSSR count). The summed E-state index contributed by atoms with van der Waals surface area (Å²) in [6, 6.07) is 2.02. The summed E-state index contributed by atoms with van der Waals surface area (Å²) in [5.74, 6) is -0.712. The lowest BCUT2D eigenvalue weighted by atomic mass is 10.0. The Morgan fingerprint density at radius 3 is 2.74 bits per heavy atom. The third-order valence-corrected chi connectivity index (χ3v) is 3.57. The molecule has 1 saturated heterocycles. The van der Waals surface area contributed by atoms with Crippen LogP contribution in [-0.2, 0) is 9.59 Å². The number of piperidine rings is 1. The molecule has 2 amide bonds. The summed E-state index contributed by atoms with van der Waals surface area (Å²) in [4.78, 5) is 23.2. The molecule has 0 radical (unpaired) electrons. The SMILES string of the molecule is O=C1CCC[C@H](C(=O)Nc2cc(Cl)c(Cl)cc2O)N1. The maximum Gasteiger partial charge on any atom is 0.247 e. The first-order valence-corrected chi connectivity index (χ1v) is 6.51. The second-order valence-electron chi connectivity index (χ2n) is 4.29. The highest BCUT2D eigenvalue weighted by Crippen LogP contribution is 2.33. The minimum Gasteiger partial charge on any atom is -0.506 e. The lowest BCUT2D eigenvalue weighted by molar-refractivity contribution is -0.128. The molecule has 0 aromatic heterocycles. The number of phenols is 1. The molecule has 1 atom stereocenters. The minimum absolute atomic E-state index is 0.148. The smallest absolute Gasteiger partial charge is 0.247 e. The van der Waals surface area contributed by atoms with Crippen molar-refractivity contribution in [1.82, 2.24) is 5.32 Å². The molecule has 1 aliphatic rings. The highest BCUT2D eigenvalue weighted by Gasteiger charge is 2.25. The number of phenolic OH excluding ortho intramolecular Hbond substituents is 1. The highest BCUT2D eigenvalue weighted by molar-refractivity contribution is 6.42. The average Bonchev–Trinajstić information content (AvgIpc) is 2.36. The van der Waals surface area contributed by atoms with Gasteiger partial charge in [0.25, 0.3) is 0 Å². The molecule has 1 fully saturated rings. The van der Waals surface area contributed by atoms with Crippen molar-refractivity contribution in [2.45, 2.75) is 25.3 Å². The van der Waals surface area contributed by atoms with Gasteiger partial charge in [-0.2, -0.15) is 0 Å². The number of halogens is 2. The van der Waals surface area contributed by atoms with Crippen LogP contribution in [0.25, 0.3) is 0 Å². The number of anilines is 1. The number of aromatic hydroxyl groups is 1. The van der Waals surface area contributed by atoms with Gasteiger partial charge in [0.05, 0.1) is 15.7 Å². The van der Waals surface area contributed by atoms with Crippen LogP contribution in [0.3, 0.4) is 0 Å². The van der Waals surface area contributed by atoms with Crippen LogP contribution in [0, 0.1) is 0 Å². The van der Waals surface area contributed by atoms with E-state index >= 15 is 0 Å². The third-order valence-electron chi connectivity index (χ3n) is 2.84. The largest absolute Gasteiger partial charge is 0.506 e. The predicted octanol–water partition coefficient (Wildman–Crippen LogP) is 2.31. The van der Waals surface area contributed by atoms with Crippen LogP contribution in [0.5, 0.6) is 5.75 Å². The predicted molar refractivity (Wildman–Crippen MR) is 72.5 cm³/mol. The van der Waals surface area contributed by atoms with Crippen molar-refractivity contribution in [2.24, 2.45) is 0 Å². The van der Waals surface area contributed by atoms with E-state index in [9.17, 15) is 14.7 Å². The Morgan fingerprint density at radius 1 is 1.37 bits per heavy atom. The van der Waals surface area contributed by atoms with E-state index in [4.69, 9.17) is 23.2 Å². The first-order chi connectivity index (χ1) is 8.97. The number of nitrogens with one attached hydrogen (secondary N) is 2. The number of benzene rings is 1. The van der Waals surface area contributed by atoms with Crippen molar-refractivity contribution in [3.8, 4) is 5.75 Å². The van der Waals surface area contributed by atoms with Crippen LogP contribution in [-0.4, -0.2) is 23.0 Å². The van der Waals surface area contributed by atoms with Crippen LogP contribution in [0.1, 0.15) is 19.3 Å². The Hall–Kier alpha value is -1.46. The zero-order chi connectivity index (χ0) is 14.0. The third kappa shape index (κ3) is 3.30. The van der Waals surface area contributed by atoms with Gasteiger partial charge >= 0.3 is 0 Å². The van der Waals surface area contributed by atoms with E-state index < -0.39 is 6.04 Å². The molecular formula is C12H12Cl2N2O3. The molecule has 5 nitrogen and oxygen atoms in total. The topological polar surface area (TPSA) is 78.4 Å². The molecule has 7 heteroatoms. The summed E-state index contributed by atoms with van der Waals surface area (Å²) in [5, 5.41) is 15.2. The van der Waals surface area contributed by atoms with Gasteiger partial charge in [0.2, 0.25) is 11.8 Å². The Morgan fingerprint density at radius 2 is 2.05 bits per heavy atom. The summed E-state index contributed by atoms with van der Waals surface area (Å²) in [5.41, 5.74) is 0.166. The van der Waals surface area contributed by atoms with Crippen LogP contribution in [0.2, 0.25) is 10.0 Å². The molecule has 0 unspecified atom stereocenters. The number of rotatable bonds is 2. The Kier molecular flexibility index (Phi) is 4.17. The van der Waals surface area contributed by atoms with Gasteiger partial charge in [0.1, 0.15) is 11.8 Å². The van der Waals surface area contributed by atoms with Crippen LogP contribution in [0.4, 0.5) is 5.69 Å². The fourth-order valence-electron chi connectivity index (χ4n) is 1.86. The van der Waals surface area contributed by atoms with Crippen LogP contribution >= 0.6 is 23.2 Å². The maximum absolute atomic E-state index is 11.9. The minimum atomic E-state index is -0.588. The molecule has 0 aliphatic carbocycles. The number of carbonyl (C=O) groups excluding carboxylic acids is 2. The van der Waals surface area contributed by atoms with Crippen LogP contribution in [0.15, 0.2) is 12.1 Å². The molecule has 0 bridgehead atoms. The molecule has 0 spiro atoms. The van der Waals surface area contributed by atoms with Crippen molar-refractivity contribution >= 4 is 40.7 Å². The van der Waals surface area contributed by atoms with Crippen LogP contribution < -0.4 is 10.6 Å². The molecule has 3 N–H and O–H groups in total. The normalized spacial score (nSPS) is 18.8. The second kappa shape index (κ2) is 5.67. The molecule has 19 heavy (non-hydrogen) atoms. The van der Waals surface area contributed by atoms with Gasteiger partial charge in [-0.1, -0.05) is 23.2 Å². The monoisotopic (exact) mass is 302 g/mol. The highest BCUT2D eigenvalue weighted by atomic mass is 35.5. The molecular weight excluding hydrogens is 291 g/mol. The van der Waals surface area contributed by atoms with Gasteiger partial charge in [-0.3, -0.25) is 9.59 Å². The van der Waals surface area contributed by atoms with Gasteiger partial charge < -0.3 is 15.7 Å². The number of carbonyl (C=O) groups is 2. The molecule has 1 aromatic rings. The first-order valence-electron chi connectivity index (χ1n) is 5.75. The van der Waals surface area contributed by atoms with Crippen molar-refractivity contribution in [3.05, 3.63) is 22.2 Å². The summed E-state index contributed by atoms with van der Waals surface area (Å²) >= 11 is 11.5. The summed E-state index contributed by atoms with van der Waals surface area (Å²) < 4.78 is 0. The lowest BCUT2D eigenvalue weighted by Crippen LogP contribution is -2.46. The van der Waals surface area contributed by atoms with E-state index in [0.717, 1.165) is 0 Å². The first kappa shape index (κ1) is 14.0. The van der Waals surface area contributed by atoms with E-state index in [-0.39, 0.29) is 33.3 Å². The van der Waals surface area contributed by atoms with Gasteiger partial charge in [-0.05, 0) is 18.9 Å². The summed E-state index contributed by atoms with van der Waals surface area (Å²) in [6.07, 6.45) is 1.67. The van der Waals surface area contributed by atoms with Gasteiger partial charge in [0.15, 0.2) is 0 Å². The quantitative estimate of drug-likeness (QED) is 0.734. The fourth-order valence-corrected chi connectivity index (χ4v) is 2.18. The average molecular weight is 303 g/mol. The van der Waals surface area contributed by atoms with E-state index in [1.54, 1.807) is 0 Å². The standard InChI is InChI=1S/C12H12Cl2N2O3/c13-6-4-9(10(17)5-7(6)14)16-12(19)8-2-1-3-11(18)15-8/h4-5,8,17H,1-3H2,(H,15,18)(H,16,19)/t8-/m1/s1. The molecule has 1 aromatic carbocycles. The Bertz CT molecular complexity index is 534. The van der Waals surface area contributed by atoms with E-state index in [0.29, 0.717) is 19.3 Å². The maximum atomic E-state index is 11.9. The van der Waals surface area contributed by atoms with E-state index in [2.05, 4.69) is 10.6 Å². The Labute approximate surface area is 119 Å². The van der Waals surface area contributed by atoms with Crippen molar-refractivity contribution in [2.75, 3.05) is 5.32 Å². The van der Waals surface area contributed by atoms with E-state index in [1.165, 1.54) is 12.1 Å². The molecule has 1 aliphatic heterocycles. The van der Waals surface area contributed by atoms with Gasteiger partial charge in [0, 0.05) is 12.5 Å². The summed E-state index contributed by atoms with van der Waals surface area (Å²) in [6.45, 7) is 0. The number of hydrogen-bond donors (Lipinski definition) is 3. The summed E-state index contributed by atoms with van der Waals surface area (Å²) in [7, 11) is 0. The fraction of sp³-hybridized carbons (Fsp3) is 0.333. The second-order valence-corrected chi connectivity index (χ2v) is 5.10.